The molecule has 0 aromatic rings. The minimum Gasteiger partial charge on any atom is -0.396 e. The summed E-state index contributed by atoms with van der Waals surface area (Å²) in [6.07, 6.45) is 0. The van der Waals surface area contributed by atoms with Crippen molar-refractivity contribution < 1.29 is 15.3 Å². The van der Waals surface area contributed by atoms with Gasteiger partial charge in [0.2, 0.25) is 0 Å². The lowest BCUT2D eigenvalue weighted by molar-refractivity contribution is 0.0857. The number of rotatable bonds is 3. The molecule has 0 aromatic carbocycles. The Labute approximate surface area is 75.0 Å². The maximum absolute atomic E-state index is 8.43. The summed E-state index contributed by atoms with van der Waals surface area (Å²) in [5.41, 5.74) is -0.306. The molecule has 12 heavy (non-hydrogen) atoms. The van der Waals surface area contributed by atoms with Crippen molar-refractivity contribution >= 4 is 0 Å². The minimum absolute atomic E-state index is 0.0451. The average molecular weight is 178 g/mol. The van der Waals surface area contributed by atoms with Crippen molar-refractivity contribution in [3.8, 4) is 0 Å². The third kappa shape index (κ3) is 12.5. The molecule has 0 aliphatic rings. The summed E-state index contributed by atoms with van der Waals surface area (Å²) in [5.74, 6) is 0.440. The molecule has 3 N–H and O–H groups in total. The van der Waals surface area contributed by atoms with E-state index >= 15 is 0 Å². The van der Waals surface area contributed by atoms with E-state index in [0.29, 0.717) is 12.5 Å². The zero-order chi connectivity index (χ0) is 10.2. The minimum atomic E-state index is -0.306. The van der Waals surface area contributed by atoms with E-state index in [4.69, 9.17) is 15.3 Å². The number of aliphatic hydroxyl groups excluding tert-OH is 3. The Balaban J connectivity index is 0. The Morgan fingerprint density at radius 3 is 1.25 bits per heavy atom. The summed E-state index contributed by atoms with van der Waals surface area (Å²) in [6, 6.07) is 0. The van der Waals surface area contributed by atoms with Crippen LogP contribution in [0.4, 0.5) is 0 Å². The fraction of sp³-hybridized carbons (Fsp3) is 1.00. The fourth-order valence-electron chi connectivity index (χ4n) is 0.0500. The standard InChI is InChI=1S/C5H12O2.C4H10O/c1-5(2,3-6)4-7;1-4(2)3-5/h6-7H,3-4H2,1-2H3;4-5H,3H2,1-2H3. The topological polar surface area (TPSA) is 60.7 Å². The highest BCUT2D eigenvalue weighted by atomic mass is 16.3. The third-order valence-corrected chi connectivity index (χ3v) is 1.22. The van der Waals surface area contributed by atoms with Crippen molar-refractivity contribution in [2.75, 3.05) is 19.8 Å². The summed E-state index contributed by atoms with van der Waals surface area (Å²) in [6.45, 7) is 7.94. The lowest BCUT2D eigenvalue weighted by atomic mass is 9.97. The van der Waals surface area contributed by atoms with E-state index in [1.807, 2.05) is 13.8 Å². The van der Waals surface area contributed by atoms with Crippen LogP contribution in [0.2, 0.25) is 0 Å². The molecule has 76 valence electrons. The molecule has 0 rings (SSSR count). The second-order valence-corrected chi connectivity index (χ2v) is 4.06. The Morgan fingerprint density at radius 1 is 1.00 bits per heavy atom. The van der Waals surface area contributed by atoms with Gasteiger partial charge in [0.15, 0.2) is 0 Å². The molecule has 0 fully saturated rings. The molecular weight excluding hydrogens is 156 g/mol. The summed E-state index contributed by atoms with van der Waals surface area (Å²) < 4.78 is 0. The van der Waals surface area contributed by atoms with Gasteiger partial charge in [-0.3, -0.25) is 0 Å². The first-order valence-corrected chi connectivity index (χ1v) is 4.22. The van der Waals surface area contributed by atoms with E-state index in [1.165, 1.54) is 0 Å². The molecule has 0 heterocycles. The zero-order valence-corrected chi connectivity index (χ0v) is 8.54. The van der Waals surface area contributed by atoms with Crippen LogP contribution in [-0.2, 0) is 0 Å². The highest BCUT2D eigenvalue weighted by Gasteiger charge is 2.13. The molecule has 0 spiro atoms. The Hall–Kier alpha value is -0.120. The Bertz CT molecular complexity index is 83.8. The van der Waals surface area contributed by atoms with Crippen molar-refractivity contribution in [2.24, 2.45) is 11.3 Å². The second kappa shape index (κ2) is 7.53. The van der Waals surface area contributed by atoms with Gasteiger partial charge < -0.3 is 15.3 Å². The van der Waals surface area contributed by atoms with Crippen molar-refractivity contribution in [1.29, 1.82) is 0 Å². The molecular formula is C9H22O3. The smallest absolute Gasteiger partial charge is 0.0504 e. The molecule has 0 amide bonds. The van der Waals surface area contributed by atoms with E-state index in [1.54, 1.807) is 13.8 Å². The molecule has 0 saturated heterocycles. The van der Waals surface area contributed by atoms with Crippen LogP contribution in [0.25, 0.3) is 0 Å². The van der Waals surface area contributed by atoms with Gasteiger partial charge in [-0.15, -0.1) is 0 Å². The summed E-state index contributed by atoms with van der Waals surface area (Å²) in [4.78, 5) is 0. The van der Waals surface area contributed by atoms with Gasteiger partial charge in [-0.2, -0.15) is 0 Å². The molecule has 0 aromatic heterocycles. The van der Waals surface area contributed by atoms with Crippen LogP contribution in [0, 0.1) is 11.3 Å². The van der Waals surface area contributed by atoms with Crippen molar-refractivity contribution in [2.45, 2.75) is 27.7 Å². The third-order valence-electron chi connectivity index (χ3n) is 1.22. The SMILES string of the molecule is CC(C)(CO)CO.CC(C)CO. The Kier molecular flexibility index (Phi) is 9.03. The lowest BCUT2D eigenvalue weighted by Crippen LogP contribution is -2.20. The molecule has 0 bridgehead atoms. The zero-order valence-electron chi connectivity index (χ0n) is 8.54. The van der Waals surface area contributed by atoms with Gasteiger partial charge in [-0.25, -0.2) is 0 Å². The van der Waals surface area contributed by atoms with Gasteiger partial charge >= 0.3 is 0 Å². The Morgan fingerprint density at radius 2 is 1.25 bits per heavy atom. The predicted octanol–water partition coefficient (Wildman–Crippen LogP) is 0.632. The van der Waals surface area contributed by atoms with Crippen LogP contribution in [0.15, 0.2) is 0 Å². The van der Waals surface area contributed by atoms with E-state index in [-0.39, 0.29) is 18.6 Å². The van der Waals surface area contributed by atoms with Crippen LogP contribution in [0.3, 0.4) is 0 Å². The molecule has 0 aliphatic carbocycles. The molecule has 3 heteroatoms. The predicted molar refractivity (Wildman–Crippen MR) is 49.9 cm³/mol. The molecule has 0 aliphatic heterocycles. The first-order valence-electron chi connectivity index (χ1n) is 4.22. The monoisotopic (exact) mass is 178 g/mol. The van der Waals surface area contributed by atoms with Crippen LogP contribution < -0.4 is 0 Å². The highest BCUT2D eigenvalue weighted by Crippen LogP contribution is 2.10. The van der Waals surface area contributed by atoms with Crippen molar-refractivity contribution in [3.63, 3.8) is 0 Å². The van der Waals surface area contributed by atoms with Crippen molar-refractivity contribution in [3.05, 3.63) is 0 Å². The first kappa shape index (κ1) is 14.4. The molecule has 0 unspecified atom stereocenters. The van der Waals surface area contributed by atoms with Gasteiger partial charge in [-0.1, -0.05) is 27.7 Å². The van der Waals surface area contributed by atoms with E-state index in [0.717, 1.165) is 0 Å². The quantitative estimate of drug-likeness (QED) is 0.594. The van der Waals surface area contributed by atoms with Crippen LogP contribution in [-0.4, -0.2) is 35.1 Å². The summed E-state index contributed by atoms with van der Waals surface area (Å²) in [7, 11) is 0. The van der Waals surface area contributed by atoms with Gasteiger partial charge in [0.1, 0.15) is 0 Å². The van der Waals surface area contributed by atoms with Gasteiger partial charge in [0, 0.05) is 12.0 Å². The number of aliphatic hydroxyl groups is 3. The van der Waals surface area contributed by atoms with Crippen LogP contribution in [0.5, 0.6) is 0 Å². The molecule has 0 radical (unpaired) electrons. The largest absolute Gasteiger partial charge is 0.396 e. The van der Waals surface area contributed by atoms with Gasteiger partial charge in [0.25, 0.3) is 0 Å². The van der Waals surface area contributed by atoms with Crippen LogP contribution >= 0.6 is 0 Å². The lowest BCUT2D eigenvalue weighted by Gasteiger charge is -2.16. The first-order chi connectivity index (χ1) is 5.39. The van der Waals surface area contributed by atoms with Gasteiger partial charge in [-0.05, 0) is 5.92 Å². The summed E-state index contributed by atoms with van der Waals surface area (Å²) >= 11 is 0. The molecule has 3 nitrogen and oxygen atoms in total. The maximum atomic E-state index is 8.43. The van der Waals surface area contributed by atoms with E-state index < -0.39 is 0 Å². The number of hydrogen-bond donors (Lipinski definition) is 3. The van der Waals surface area contributed by atoms with Crippen LogP contribution in [0.1, 0.15) is 27.7 Å². The van der Waals surface area contributed by atoms with Gasteiger partial charge in [0.05, 0.1) is 13.2 Å². The molecule has 0 saturated carbocycles. The number of hydrogen-bond acceptors (Lipinski definition) is 3. The van der Waals surface area contributed by atoms with E-state index in [2.05, 4.69) is 0 Å². The van der Waals surface area contributed by atoms with Crippen molar-refractivity contribution in [1.82, 2.24) is 0 Å². The maximum Gasteiger partial charge on any atom is 0.0504 e. The summed E-state index contributed by atoms with van der Waals surface area (Å²) in [5, 5.41) is 25.0. The second-order valence-electron chi connectivity index (χ2n) is 4.06. The molecule has 0 atom stereocenters. The average Bonchev–Trinajstić information content (AvgIpc) is 2.05. The fourth-order valence-corrected chi connectivity index (χ4v) is 0.0500. The van der Waals surface area contributed by atoms with E-state index in [9.17, 15) is 0 Å². The normalized spacial score (nSPS) is 11.0. The highest BCUT2D eigenvalue weighted by molar-refractivity contribution is 4.62.